The van der Waals surface area contributed by atoms with E-state index in [9.17, 15) is 40.6 Å². The molecule has 4 aromatic rings. The highest BCUT2D eigenvalue weighted by molar-refractivity contribution is 7.99. The van der Waals surface area contributed by atoms with Crippen LogP contribution in [0.5, 0.6) is 0 Å². The molecule has 0 saturated carbocycles. The van der Waals surface area contributed by atoms with Crippen molar-refractivity contribution >= 4 is 81.6 Å². The van der Waals surface area contributed by atoms with Crippen LogP contribution in [0.25, 0.3) is 5.57 Å². The number of carbonyl (C=O) groups excluding carboxylic acids is 2. The van der Waals surface area contributed by atoms with Crippen molar-refractivity contribution in [1.82, 2.24) is 19.4 Å². The number of sulfone groups is 1. The highest BCUT2D eigenvalue weighted by atomic mass is 35.5. The Kier molecular flexibility index (Phi) is 20.8. The van der Waals surface area contributed by atoms with Gasteiger partial charge in [-0.3, -0.25) is 28.3 Å². The molecule has 77 heavy (non-hydrogen) atoms. The Hall–Kier alpha value is -4.08. The number of carbonyl (C=O) groups is 2. The summed E-state index contributed by atoms with van der Waals surface area (Å²) in [6.45, 7) is 16.5. The summed E-state index contributed by atoms with van der Waals surface area (Å²) in [6, 6.07) is 28.1. The van der Waals surface area contributed by atoms with Gasteiger partial charge in [0.15, 0.2) is 0 Å². The third-order valence-corrected chi connectivity index (χ3v) is 19.0. The van der Waals surface area contributed by atoms with E-state index in [1.807, 2.05) is 59.5 Å². The maximum Gasteiger partial charge on any atom is 0.501 e. The van der Waals surface area contributed by atoms with Crippen LogP contribution in [0, 0.1) is 10.8 Å². The number of benzene rings is 4. The molecule has 3 N–H and O–H groups in total. The second-order valence-electron chi connectivity index (χ2n) is 21.6. The van der Waals surface area contributed by atoms with Crippen LogP contribution in [0.2, 0.25) is 5.02 Å². The van der Waals surface area contributed by atoms with Crippen LogP contribution in [0.1, 0.15) is 76.2 Å². The molecule has 3 aliphatic rings. The van der Waals surface area contributed by atoms with Gasteiger partial charge < -0.3 is 29.6 Å². The monoisotopic (exact) mass is 1160 g/mol. The normalized spacial score (nSPS) is 18.4. The van der Waals surface area contributed by atoms with Gasteiger partial charge in [0.2, 0.25) is 6.79 Å². The number of amides is 1. The van der Waals surface area contributed by atoms with Crippen LogP contribution >= 0.6 is 42.9 Å². The lowest BCUT2D eigenvalue weighted by molar-refractivity contribution is -0.159. The van der Waals surface area contributed by atoms with Crippen molar-refractivity contribution in [2.75, 3.05) is 101 Å². The fourth-order valence-electron chi connectivity index (χ4n) is 9.43. The molecule has 2 saturated heterocycles. The minimum absolute atomic E-state index is 0.0928. The first-order valence-electron chi connectivity index (χ1n) is 25.8. The molecule has 22 heteroatoms. The van der Waals surface area contributed by atoms with Crippen LogP contribution in [0.3, 0.4) is 0 Å². The Bertz CT molecular complexity index is 2830. The van der Waals surface area contributed by atoms with Crippen LogP contribution < -0.4 is 14.9 Å². The van der Waals surface area contributed by atoms with E-state index in [2.05, 4.69) is 50.7 Å². The molecule has 2 atom stereocenters. The smallest absolute Gasteiger partial charge is 0.438 e. The molecule has 0 radical (unpaired) electrons. The molecule has 2 fully saturated rings. The molecular weight excluding hydrogens is 1090 g/mol. The minimum atomic E-state index is -5.85. The summed E-state index contributed by atoms with van der Waals surface area (Å²) in [5, 5.41) is 3.87. The van der Waals surface area contributed by atoms with Gasteiger partial charge >= 0.3 is 19.1 Å². The standard InChI is InChI=1S/C55H71ClF3N6O8PS3/c1-53(2,3)52(67)72-39-73-74(68,69)34-33-63-27-25-62(26-28-63)24-22-44(38-75-46-9-7-6-8-10-46)60-49-20-19-47(35-50(49)77(70,71)55(57,58)59)76-61-51(66)41-13-17-45(18-14-41)65-31-29-64(30-32-65)37-42-36-54(4,5)23-21-48(42)40-11-15-43(56)16-12-40/h6-20,35,44,60H,21-34,36-39H2,1-5H3,(H,61,66)(H,68,69)/t44-/m1/s1. The van der Waals surface area contributed by atoms with E-state index in [1.165, 1.54) is 40.6 Å². The fourth-order valence-corrected chi connectivity index (χ4v) is 13.1. The lowest BCUT2D eigenvalue weighted by atomic mass is 9.73. The van der Waals surface area contributed by atoms with E-state index in [-0.39, 0.29) is 28.7 Å². The molecule has 7 rings (SSSR count). The molecule has 1 amide bonds. The van der Waals surface area contributed by atoms with Gasteiger partial charge in [-0.05, 0) is 142 Å². The molecule has 2 aliphatic heterocycles. The topological polar surface area (TPSA) is 161 Å². The maximum atomic E-state index is 14.4. The van der Waals surface area contributed by atoms with E-state index in [1.54, 1.807) is 32.9 Å². The molecule has 1 unspecified atom stereocenters. The maximum absolute atomic E-state index is 14.4. The first-order chi connectivity index (χ1) is 36.3. The van der Waals surface area contributed by atoms with Crippen molar-refractivity contribution in [1.29, 1.82) is 0 Å². The van der Waals surface area contributed by atoms with Crippen molar-refractivity contribution in [3.8, 4) is 0 Å². The predicted octanol–water partition coefficient (Wildman–Crippen LogP) is 11.2. The Morgan fingerprint density at radius 3 is 2.12 bits per heavy atom. The number of anilines is 2. The molecule has 1 aliphatic carbocycles. The number of alkyl halides is 3. The van der Waals surface area contributed by atoms with E-state index < -0.39 is 58.0 Å². The number of piperazine rings is 2. The van der Waals surface area contributed by atoms with Gasteiger partial charge in [0.25, 0.3) is 15.7 Å². The quantitative estimate of drug-likeness (QED) is 0.0224. The zero-order chi connectivity index (χ0) is 55.6. The van der Waals surface area contributed by atoms with Gasteiger partial charge in [0, 0.05) is 110 Å². The molecule has 4 aromatic carbocycles. The zero-order valence-electron chi connectivity index (χ0n) is 44.3. The molecule has 14 nitrogen and oxygen atoms in total. The zero-order valence-corrected chi connectivity index (χ0v) is 48.4. The third-order valence-electron chi connectivity index (χ3n) is 14.0. The molecule has 0 spiro atoms. The third kappa shape index (κ3) is 17.7. The van der Waals surface area contributed by atoms with E-state index in [4.69, 9.17) is 20.9 Å². The second-order valence-corrected chi connectivity index (χ2v) is 27.9. The number of nitrogens with zero attached hydrogens (tertiary/aromatic N) is 4. The van der Waals surface area contributed by atoms with Crippen molar-refractivity contribution in [2.24, 2.45) is 10.8 Å². The number of hydrogen-bond donors (Lipinski definition) is 3. The van der Waals surface area contributed by atoms with Gasteiger partial charge in [-0.1, -0.05) is 61.4 Å². The Morgan fingerprint density at radius 2 is 1.48 bits per heavy atom. The average molecular weight is 1160 g/mol. The highest BCUT2D eigenvalue weighted by Gasteiger charge is 2.48. The summed E-state index contributed by atoms with van der Waals surface area (Å²) in [6.07, 6.45) is 3.51. The summed E-state index contributed by atoms with van der Waals surface area (Å²) in [7, 11) is -9.88. The van der Waals surface area contributed by atoms with Crippen LogP contribution in [0.4, 0.5) is 24.5 Å². The van der Waals surface area contributed by atoms with Gasteiger partial charge in [0.05, 0.1) is 17.3 Å². The van der Waals surface area contributed by atoms with E-state index >= 15 is 0 Å². The number of rotatable bonds is 22. The number of nitrogens with one attached hydrogen (secondary N) is 2. The van der Waals surface area contributed by atoms with Crippen molar-refractivity contribution in [3.05, 3.63) is 119 Å². The van der Waals surface area contributed by atoms with Gasteiger partial charge in [0.1, 0.15) is 4.90 Å². The number of esters is 1. The fraction of sp³-hybridized carbons (Fsp3) is 0.491. The summed E-state index contributed by atoms with van der Waals surface area (Å²) < 4.78 is 94.8. The number of hydrogen-bond acceptors (Lipinski definition) is 14. The second kappa shape index (κ2) is 26.5. The van der Waals surface area contributed by atoms with E-state index in [0.717, 1.165) is 85.6 Å². The van der Waals surface area contributed by atoms with Crippen molar-refractivity contribution in [2.45, 2.75) is 86.5 Å². The summed E-state index contributed by atoms with van der Waals surface area (Å²) >= 11 is 8.43. The molecular formula is C55H71ClF3N6O8PS3. The van der Waals surface area contributed by atoms with Crippen LogP contribution in [-0.2, 0) is 28.5 Å². The molecule has 0 aromatic heterocycles. The lowest BCUT2D eigenvalue weighted by Gasteiger charge is -2.39. The number of halogens is 4. The Balaban J connectivity index is 0.939. The van der Waals surface area contributed by atoms with Crippen molar-refractivity contribution in [3.63, 3.8) is 0 Å². The molecule has 2 heterocycles. The molecule has 0 bridgehead atoms. The van der Waals surface area contributed by atoms with Gasteiger partial charge in [-0.15, -0.1) is 11.8 Å². The average Bonchev–Trinajstić information content (AvgIpc) is 3.39. The molecule has 420 valence electrons. The lowest BCUT2D eigenvalue weighted by Crippen LogP contribution is -2.48. The number of thioether (sulfide) groups is 1. The summed E-state index contributed by atoms with van der Waals surface area (Å²) in [5.41, 5.74) is -0.904. The first-order valence-corrected chi connectivity index (χ1v) is 31.3. The summed E-state index contributed by atoms with van der Waals surface area (Å²) in [4.78, 5) is 44.8. The van der Waals surface area contributed by atoms with Crippen LogP contribution in [0.15, 0.2) is 117 Å². The van der Waals surface area contributed by atoms with Gasteiger partial charge in [-0.2, -0.15) is 13.2 Å². The van der Waals surface area contributed by atoms with Crippen LogP contribution in [-0.4, -0.2) is 142 Å². The number of allylic oxidation sites excluding steroid dienone is 1. The Labute approximate surface area is 465 Å². The largest absolute Gasteiger partial charge is 0.501 e. The Morgan fingerprint density at radius 1 is 0.844 bits per heavy atom. The predicted molar refractivity (Wildman–Crippen MR) is 302 cm³/mol. The van der Waals surface area contributed by atoms with Crippen molar-refractivity contribution < 1.29 is 49.9 Å². The van der Waals surface area contributed by atoms with E-state index in [0.29, 0.717) is 50.5 Å². The summed E-state index contributed by atoms with van der Waals surface area (Å²) in [5.74, 6) is -0.647. The first kappa shape index (κ1) is 60.6. The highest BCUT2D eigenvalue weighted by Crippen LogP contribution is 2.44. The van der Waals surface area contributed by atoms with Gasteiger partial charge in [-0.25, -0.2) is 8.42 Å². The SMILES string of the molecule is CC1(C)CCC(c2ccc(Cl)cc2)=C(CN2CCN(c3ccc(C(=O)NSc4ccc(N[C@H](CCN5CCN(CCP(=O)(O)OCOC(=O)C(C)(C)C)CC5)CSc5ccccc5)c(S(=O)(=O)C(F)(F)F)c4)cc3)CC2)C1. The number of ether oxygens (including phenoxy) is 1. The minimum Gasteiger partial charge on any atom is -0.438 e.